The van der Waals surface area contributed by atoms with Crippen molar-refractivity contribution < 1.29 is 9.53 Å². The van der Waals surface area contributed by atoms with Crippen molar-refractivity contribution in [1.82, 2.24) is 0 Å². The Morgan fingerprint density at radius 1 is 1.17 bits per heavy atom. The number of para-hydroxylation sites is 1. The van der Waals surface area contributed by atoms with E-state index < -0.39 is 6.10 Å². The van der Waals surface area contributed by atoms with E-state index in [1.807, 2.05) is 48.2 Å². The summed E-state index contributed by atoms with van der Waals surface area (Å²) in [6, 6.07) is 18.5. The molecule has 0 saturated carbocycles. The van der Waals surface area contributed by atoms with E-state index in [2.05, 4.69) is 25.1 Å². The molecule has 1 aliphatic rings. The lowest BCUT2D eigenvalue weighted by Gasteiger charge is -2.26. The Labute approximate surface area is 137 Å². The van der Waals surface area contributed by atoms with Gasteiger partial charge in [-0.05, 0) is 43.9 Å². The molecule has 2 aromatic rings. The van der Waals surface area contributed by atoms with Crippen LogP contribution in [0, 0.1) is 0 Å². The van der Waals surface area contributed by atoms with E-state index in [9.17, 15) is 4.79 Å². The summed E-state index contributed by atoms with van der Waals surface area (Å²) in [7, 11) is 0. The van der Waals surface area contributed by atoms with Crippen molar-refractivity contribution in [1.29, 1.82) is 0 Å². The van der Waals surface area contributed by atoms with Crippen LogP contribution in [0.1, 0.15) is 25.0 Å². The topological polar surface area (TPSA) is 29.5 Å². The van der Waals surface area contributed by atoms with Crippen LogP contribution in [0.5, 0.6) is 0 Å². The molecular weight excluding hydrogens is 286 g/mol. The van der Waals surface area contributed by atoms with Gasteiger partial charge in [0.05, 0.1) is 6.61 Å². The van der Waals surface area contributed by atoms with Crippen molar-refractivity contribution in [2.75, 3.05) is 11.5 Å². The van der Waals surface area contributed by atoms with Crippen molar-refractivity contribution in [3.63, 3.8) is 0 Å². The average Bonchev–Trinajstić information content (AvgIpc) is 2.90. The van der Waals surface area contributed by atoms with Crippen molar-refractivity contribution in [2.24, 2.45) is 0 Å². The first-order valence-corrected chi connectivity index (χ1v) is 8.23. The molecule has 3 rings (SSSR count). The third-order valence-electron chi connectivity index (χ3n) is 4.39. The van der Waals surface area contributed by atoms with E-state index in [4.69, 9.17) is 4.74 Å². The molecule has 0 radical (unpaired) electrons. The lowest BCUT2D eigenvalue weighted by atomic mass is 10.1. The lowest BCUT2D eigenvalue weighted by molar-refractivity contribution is -0.129. The van der Waals surface area contributed by atoms with Gasteiger partial charge in [-0.1, -0.05) is 48.5 Å². The Morgan fingerprint density at radius 2 is 1.87 bits per heavy atom. The Morgan fingerprint density at radius 3 is 2.65 bits per heavy atom. The monoisotopic (exact) mass is 309 g/mol. The highest BCUT2D eigenvalue weighted by molar-refractivity contribution is 5.98. The molecule has 0 aromatic heterocycles. The number of benzene rings is 2. The number of carbonyl (C=O) groups is 1. The van der Waals surface area contributed by atoms with Gasteiger partial charge in [0.15, 0.2) is 0 Å². The SMILES string of the molecule is C[C@@H](OCCc1ccccc1)C(=O)N1c2ccccc2C[C@@H]1C. The van der Waals surface area contributed by atoms with E-state index in [1.165, 1.54) is 11.1 Å². The first-order chi connectivity index (χ1) is 11.2. The zero-order chi connectivity index (χ0) is 16.2. The molecule has 0 N–H and O–H groups in total. The molecule has 0 spiro atoms. The fourth-order valence-corrected chi connectivity index (χ4v) is 3.17. The summed E-state index contributed by atoms with van der Waals surface area (Å²) in [6.45, 7) is 4.50. The molecule has 2 aromatic carbocycles. The predicted octanol–water partition coefficient (Wildman–Crippen LogP) is 3.61. The number of hydrogen-bond donors (Lipinski definition) is 0. The molecule has 0 bridgehead atoms. The van der Waals surface area contributed by atoms with Crippen molar-refractivity contribution in [3.8, 4) is 0 Å². The molecule has 23 heavy (non-hydrogen) atoms. The number of anilines is 1. The van der Waals surface area contributed by atoms with Gasteiger partial charge in [-0.15, -0.1) is 0 Å². The highest BCUT2D eigenvalue weighted by Crippen LogP contribution is 2.32. The maximum Gasteiger partial charge on any atom is 0.256 e. The summed E-state index contributed by atoms with van der Waals surface area (Å²) >= 11 is 0. The molecule has 3 nitrogen and oxygen atoms in total. The molecule has 0 fully saturated rings. The third kappa shape index (κ3) is 3.45. The molecule has 2 atom stereocenters. The van der Waals surface area contributed by atoms with Crippen LogP contribution in [0.25, 0.3) is 0 Å². The molecular formula is C20H23NO2. The number of fused-ring (bicyclic) bond motifs is 1. The zero-order valence-electron chi connectivity index (χ0n) is 13.7. The fourth-order valence-electron chi connectivity index (χ4n) is 3.17. The highest BCUT2D eigenvalue weighted by Gasteiger charge is 2.33. The first kappa shape index (κ1) is 15.8. The Kier molecular flexibility index (Phi) is 4.77. The average molecular weight is 309 g/mol. The summed E-state index contributed by atoms with van der Waals surface area (Å²) in [6.07, 6.45) is 1.32. The fraction of sp³-hybridized carbons (Fsp3) is 0.350. The van der Waals surface area contributed by atoms with Gasteiger partial charge in [0.2, 0.25) is 0 Å². The van der Waals surface area contributed by atoms with Crippen LogP contribution >= 0.6 is 0 Å². The number of amides is 1. The molecule has 3 heteroatoms. The normalized spacial score (nSPS) is 17.8. The Hall–Kier alpha value is -2.13. The van der Waals surface area contributed by atoms with Crippen molar-refractivity contribution >= 4 is 11.6 Å². The molecule has 0 aliphatic carbocycles. The minimum atomic E-state index is -0.424. The minimum absolute atomic E-state index is 0.0514. The van der Waals surface area contributed by atoms with E-state index >= 15 is 0 Å². The number of hydrogen-bond acceptors (Lipinski definition) is 2. The molecule has 0 unspecified atom stereocenters. The Balaban J connectivity index is 1.59. The van der Waals surface area contributed by atoms with Crippen molar-refractivity contribution in [3.05, 3.63) is 65.7 Å². The maximum absolute atomic E-state index is 12.8. The second kappa shape index (κ2) is 6.97. The van der Waals surface area contributed by atoms with Gasteiger partial charge in [0.25, 0.3) is 5.91 Å². The largest absolute Gasteiger partial charge is 0.368 e. The summed E-state index contributed by atoms with van der Waals surface area (Å²) < 4.78 is 5.79. The highest BCUT2D eigenvalue weighted by atomic mass is 16.5. The summed E-state index contributed by atoms with van der Waals surface area (Å²) in [5.41, 5.74) is 3.50. The second-order valence-corrected chi connectivity index (χ2v) is 6.14. The van der Waals surface area contributed by atoms with E-state index in [0.29, 0.717) is 6.61 Å². The van der Waals surface area contributed by atoms with Crippen LogP contribution in [0.15, 0.2) is 54.6 Å². The van der Waals surface area contributed by atoms with Gasteiger partial charge in [-0.3, -0.25) is 4.79 Å². The lowest BCUT2D eigenvalue weighted by Crippen LogP contribution is -2.42. The summed E-state index contributed by atoms with van der Waals surface area (Å²) in [4.78, 5) is 14.7. The van der Waals surface area contributed by atoms with Gasteiger partial charge in [-0.2, -0.15) is 0 Å². The Bertz CT molecular complexity index is 668. The smallest absolute Gasteiger partial charge is 0.256 e. The first-order valence-electron chi connectivity index (χ1n) is 8.23. The molecule has 0 saturated heterocycles. The number of carbonyl (C=O) groups excluding carboxylic acids is 1. The standard InChI is InChI=1S/C20H23NO2/c1-15-14-18-10-6-7-11-19(18)21(15)20(22)16(2)23-13-12-17-8-4-3-5-9-17/h3-11,15-16H,12-14H2,1-2H3/t15-,16+/m0/s1. The van der Waals surface area contributed by atoms with E-state index in [0.717, 1.165) is 18.5 Å². The number of nitrogens with zero attached hydrogens (tertiary/aromatic N) is 1. The van der Waals surface area contributed by atoms with Gasteiger partial charge in [0.1, 0.15) is 6.10 Å². The van der Waals surface area contributed by atoms with Crippen LogP contribution in [0.3, 0.4) is 0 Å². The van der Waals surface area contributed by atoms with Gasteiger partial charge in [0, 0.05) is 11.7 Å². The van der Waals surface area contributed by atoms with E-state index in [-0.39, 0.29) is 11.9 Å². The summed E-state index contributed by atoms with van der Waals surface area (Å²) in [5.74, 6) is 0.0514. The van der Waals surface area contributed by atoms with Crippen molar-refractivity contribution in [2.45, 2.75) is 38.8 Å². The predicted molar refractivity (Wildman–Crippen MR) is 92.7 cm³/mol. The summed E-state index contributed by atoms with van der Waals surface area (Å²) in [5, 5.41) is 0. The molecule has 120 valence electrons. The number of ether oxygens (including phenoxy) is 1. The van der Waals surface area contributed by atoms with Gasteiger partial charge in [-0.25, -0.2) is 0 Å². The zero-order valence-corrected chi connectivity index (χ0v) is 13.7. The minimum Gasteiger partial charge on any atom is -0.368 e. The van der Waals surface area contributed by atoms with Gasteiger partial charge < -0.3 is 9.64 Å². The number of rotatable bonds is 5. The maximum atomic E-state index is 12.8. The molecule has 1 amide bonds. The van der Waals surface area contributed by atoms with Crippen LogP contribution in [0.4, 0.5) is 5.69 Å². The molecule has 1 heterocycles. The van der Waals surface area contributed by atoms with Crippen LogP contribution in [-0.4, -0.2) is 24.7 Å². The van der Waals surface area contributed by atoms with Crippen LogP contribution in [-0.2, 0) is 22.4 Å². The van der Waals surface area contributed by atoms with Gasteiger partial charge >= 0.3 is 0 Å². The van der Waals surface area contributed by atoms with Crippen LogP contribution in [0.2, 0.25) is 0 Å². The quantitative estimate of drug-likeness (QED) is 0.844. The second-order valence-electron chi connectivity index (χ2n) is 6.14. The van der Waals surface area contributed by atoms with Crippen LogP contribution < -0.4 is 4.90 Å². The molecule has 1 aliphatic heterocycles. The third-order valence-corrected chi connectivity index (χ3v) is 4.39. The van der Waals surface area contributed by atoms with E-state index in [1.54, 1.807) is 0 Å².